The van der Waals surface area contributed by atoms with E-state index in [2.05, 4.69) is 40.4 Å². The molecule has 1 N–H and O–H groups in total. The van der Waals surface area contributed by atoms with Crippen molar-refractivity contribution in [2.24, 2.45) is 0 Å². The number of oxazole rings is 1. The molecule has 0 radical (unpaired) electrons. The minimum Gasteiger partial charge on any atom is -0.492 e. The number of rotatable bonds is 8. The normalized spacial score (nSPS) is 14.4. The SMILES string of the molecule is COC(=O)c1cc2c(cc1OCCc1cccnc1)C(c1ccc(C)cc1C)N(C(=O)NCc1cocn1)CC2. The zero-order chi connectivity index (χ0) is 28.1. The van der Waals surface area contributed by atoms with Gasteiger partial charge in [-0.3, -0.25) is 4.98 Å². The Morgan fingerprint density at radius 3 is 2.75 bits per heavy atom. The molecule has 2 amide bonds. The molecule has 0 aliphatic carbocycles. The molecule has 3 heterocycles. The first-order chi connectivity index (χ1) is 19.4. The molecule has 9 nitrogen and oxygen atoms in total. The number of pyridine rings is 1. The highest BCUT2D eigenvalue weighted by Gasteiger charge is 2.35. The number of hydrogen-bond acceptors (Lipinski definition) is 7. The first kappa shape index (κ1) is 26.9. The van der Waals surface area contributed by atoms with Crippen molar-refractivity contribution in [3.63, 3.8) is 0 Å². The molecule has 4 aromatic rings. The summed E-state index contributed by atoms with van der Waals surface area (Å²) in [7, 11) is 1.36. The van der Waals surface area contributed by atoms with E-state index in [0.29, 0.717) is 43.0 Å². The zero-order valence-corrected chi connectivity index (χ0v) is 22.8. The Balaban J connectivity index is 1.52. The minimum atomic E-state index is -0.463. The van der Waals surface area contributed by atoms with E-state index in [4.69, 9.17) is 13.9 Å². The predicted octanol–water partition coefficient (Wildman–Crippen LogP) is 4.95. The van der Waals surface area contributed by atoms with E-state index >= 15 is 0 Å². The van der Waals surface area contributed by atoms with Crippen molar-refractivity contribution in [1.29, 1.82) is 0 Å². The van der Waals surface area contributed by atoms with Crippen LogP contribution in [0.5, 0.6) is 5.75 Å². The number of amides is 2. The van der Waals surface area contributed by atoms with Gasteiger partial charge in [-0.2, -0.15) is 0 Å². The standard InChI is InChI=1S/C31H32N4O5/c1-20-6-7-25(21(2)13-20)29-26-15-28(40-12-9-22-5-4-10-32-16-22)27(30(36)38-3)14-23(26)8-11-35(29)31(37)33-17-24-18-39-19-34-24/h4-7,10,13-16,18-19,29H,8-9,11-12,17H2,1-3H3,(H,33,37). The predicted molar refractivity (Wildman–Crippen MR) is 148 cm³/mol. The first-order valence-corrected chi connectivity index (χ1v) is 13.2. The molecule has 2 aromatic heterocycles. The fourth-order valence-corrected chi connectivity index (χ4v) is 5.14. The number of ether oxygens (including phenoxy) is 2. The van der Waals surface area contributed by atoms with Gasteiger partial charge in [0.25, 0.3) is 0 Å². The summed E-state index contributed by atoms with van der Waals surface area (Å²) >= 11 is 0. The van der Waals surface area contributed by atoms with Crippen molar-refractivity contribution in [2.75, 3.05) is 20.3 Å². The molecule has 40 heavy (non-hydrogen) atoms. The summed E-state index contributed by atoms with van der Waals surface area (Å²) in [5, 5.41) is 2.98. The van der Waals surface area contributed by atoms with Crippen molar-refractivity contribution in [3.05, 3.63) is 112 Å². The van der Waals surface area contributed by atoms with Crippen LogP contribution in [-0.4, -0.2) is 47.1 Å². The van der Waals surface area contributed by atoms with Gasteiger partial charge < -0.3 is 24.1 Å². The van der Waals surface area contributed by atoms with Gasteiger partial charge >= 0.3 is 12.0 Å². The molecule has 0 saturated carbocycles. The average molecular weight is 541 g/mol. The minimum absolute atomic E-state index is 0.213. The molecule has 9 heteroatoms. The molecule has 1 unspecified atom stereocenters. The maximum absolute atomic E-state index is 13.5. The van der Waals surface area contributed by atoms with Gasteiger partial charge in [-0.15, -0.1) is 0 Å². The van der Waals surface area contributed by atoms with Crippen LogP contribution in [0.25, 0.3) is 0 Å². The zero-order valence-electron chi connectivity index (χ0n) is 22.8. The van der Waals surface area contributed by atoms with Crippen molar-refractivity contribution in [3.8, 4) is 5.75 Å². The number of benzene rings is 2. The van der Waals surface area contributed by atoms with Crippen LogP contribution in [0.4, 0.5) is 4.79 Å². The quantitative estimate of drug-likeness (QED) is 0.315. The van der Waals surface area contributed by atoms with Crippen LogP contribution in [-0.2, 0) is 24.1 Å². The second-order valence-corrected chi connectivity index (χ2v) is 9.84. The highest BCUT2D eigenvalue weighted by molar-refractivity contribution is 5.93. The number of nitrogens with zero attached hydrogens (tertiary/aromatic N) is 3. The Labute approximate surface area is 233 Å². The molecular weight excluding hydrogens is 508 g/mol. The number of carbonyl (C=O) groups is 2. The van der Waals surface area contributed by atoms with Crippen LogP contribution in [0.3, 0.4) is 0 Å². The van der Waals surface area contributed by atoms with E-state index < -0.39 is 5.97 Å². The summed E-state index contributed by atoms with van der Waals surface area (Å²) in [6, 6.07) is 13.2. The number of aromatic nitrogens is 2. The maximum atomic E-state index is 13.5. The van der Waals surface area contributed by atoms with Gasteiger partial charge in [0.05, 0.1) is 32.0 Å². The monoisotopic (exact) mass is 540 g/mol. The fraction of sp³-hybridized carbons (Fsp3) is 0.290. The van der Waals surface area contributed by atoms with Crippen LogP contribution in [0, 0.1) is 13.8 Å². The molecule has 1 aliphatic heterocycles. The summed E-state index contributed by atoms with van der Waals surface area (Å²) in [4.78, 5) is 36.4. The molecular formula is C31H32N4O5. The third kappa shape index (κ3) is 5.83. The molecule has 5 rings (SSSR count). The van der Waals surface area contributed by atoms with Crippen LogP contribution in [0.15, 0.2) is 71.9 Å². The van der Waals surface area contributed by atoms with Gasteiger partial charge in [-0.05, 0) is 66.3 Å². The van der Waals surface area contributed by atoms with E-state index in [1.165, 1.54) is 19.8 Å². The van der Waals surface area contributed by atoms with Crippen LogP contribution < -0.4 is 10.1 Å². The highest BCUT2D eigenvalue weighted by atomic mass is 16.5. The summed E-state index contributed by atoms with van der Waals surface area (Å²) in [5.74, 6) is -0.0378. The van der Waals surface area contributed by atoms with E-state index in [-0.39, 0.29) is 18.6 Å². The molecule has 0 bridgehead atoms. The number of fused-ring (bicyclic) bond motifs is 1. The summed E-state index contributed by atoms with van der Waals surface area (Å²) < 4.78 is 16.3. The van der Waals surface area contributed by atoms with E-state index in [1.54, 1.807) is 12.4 Å². The Morgan fingerprint density at radius 1 is 1.15 bits per heavy atom. The first-order valence-electron chi connectivity index (χ1n) is 13.2. The Bertz CT molecular complexity index is 1490. The van der Waals surface area contributed by atoms with Crippen molar-refractivity contribution in [2.45, 2.75) is 39.3 Å². The van der Waals surface area contributed by atoms with Crippen molar-refractivity contribution < 1.29 is 23.5 Å². The molecule has 0 fully saturated rings. The average Bonchev–Trinajstić information content (AvgIpc) is 3.49. The number of nitrogens with one attached hydrogen (secondary N) is 1. The van der Waals surface area contributed by atoms with Gasteiger partial charge in [0.2, 0.25) is 0 Å². The molecule has 0 spiro atoms. The lowest BCUT2D eigenvalue weighted by atomic mass is 9.85. The largest absolute Gasteiger partial charge is 0.492 e. The fourth-order valence-electron chi connectivity index (χ4n) is 5.14. The van der Waals surface area contributed by atoms with Gasteiger partial charge in [-0.25, -0.2) is 14.6 Å². The smallest absolute Gasteiger partial charge is 0.341 e. The second-order valence-electron chi connectivity index (χ2n) is 9.84. The van der Waals surface area contributed by atoms with Crippen LogP contribution >= 0.6 is 0 Å². The van der Waals surface area contributed by atoms with E-state index in [1.807, 2.05) is 36.1 Å². The third-order valence-corrected chi connectivity index (χ3v) is 7.13. The second kappa shape index (κ2) is 12.0. The number of hydrogen-bond donors (Lipinski definition) is 1. The number of aryl methyl sites for hydroxylation is 2. The summed E-state index contributed by atoms with van der Waals surface area (Å²) in [6.45, 7) is 5.17. The number of urea groups is 1. The van der Waals surface area contributed by atoms with E-state index in [0.717, 1.165) is 33.4 Å². The van der Waals surface area contributed by atoms with Crippen LogP contribution in [0.1, 0.15) is 55.5 Å². The molecule has 206 valence electrons. The van der Waals surface area contributed by atoms with Crippen molar-refractivity contribution in [1.82, 2.24) is 20.2 Å². The molecule has 2 aromatic carbocycles. The molecule has 0 saturated heterocycles. The number of carbonyl (C=O) groups excluding carboxylic acids is 2. The maximum Gasteiger partial charge on any atom is 0.341 e. The van der Waals surface area contributed by atoms with Gasteiger partial charge in [0.1, 0.15) is 17.6 Å². The number of methoxy groups -OCH3 is 1. The number of esters is 1. The Kier molecular flexibility index (Phi) is 8.10. The van der Waals surface area contributed by atoms with Crippen LogP contribution in [0.2, 0.25) is 0 Å². The Hall–Kier alpha value is -4.66. The molecule has 1 atom stereocenters. The summed E-state index contributed by atoms with van der Waals surface area (Å²) in [6.07, 6.45) is 7.58. The third-order valence-electron chi connectivity index (χ3n) is 7.13. The van der Waals surface area contributed by atoms with Crippen molar-refractivity contribution >= 4 is 12.0 Å². The van der Waals surface area contributed by atoms with Gasteiger partial charge in [0.15, 0.2) is 6.39 Å². The summed E-state index contributed by atoms with van der Waals surface area (Å²) in [5.41, 5.74) is 7.16. The van der Waals surface area contributed by atoms with Gasteiger partial charge in [-0.1, -0.05) is 29.8 Å². The Morgan fingerprint density at radius 2 is 2.02 bits per heavy atom. The van der Waals surface area contributed by atoms with Gasteiger partial charge in [0, 0.05) is 25.4 Å². The topological polar surface area (TPSA) is 107 Å². The highest BCUT2D eigenvalue weighted by Crippen LogP contribution is 2.40. The lowest BCUT2D eigenvalue weighted by Crippen LogP contribution is -2.46. The van der Waals surface area contributed by atoms with E-state index in [9.17, 15) is 9.59 Å². The lowest BCUT2D eigenvalue weighted by molar-refractivity contribution is 0.0595. The lowest BCUT2D eigenvalue weighted by Gasteiger charge is -2.39. The molecule has 1 aliphatic rings.